The van der Waals surface area contributed by atoms with Gasteiger partial charge in [-0.05, 0) is 37.3 Å². The van der Waals surface area contributed by atoms with Crippen molar-refractivity contribution in [2.75, 3.05) is 44.4 Å². The van der Waals surface area contributed by atoms with Gasteiger partial charge in [-0.3, -0.25) is 4.90 Å². The summed E-state index contributed by atoms with van der Waals surface area (Å²) < 4.78 is 6.52. The third-order valence-corrected chi connectivity index (χ3v) is 6.69. The molecular formula is C17H25BrN2O2S. The first kappa shape index (κ1) is 17.5. The molecule has 3 rings (SSSR count). The van der Waals surface area contributed by atoms with Gasteiger partial charge in [-0.15, -0.1) is 0 Å². The molecule has 0 amide bonds. The molecule has 2 saturated heterocycles. The number of nitrogens with zero attached hydrogens (tertiary/aromatic N) is 1. The largest absolute Gasteiger partial charge is 0.508 e. The Hall–Kier alpha value is -0.270. The van der Waals surface area contributed by atoms with E-state index in [0.29, 0.717) is 5.75 Å². The lowest BCUT2D eigenvalue weighted by Gasteiger charge is -2.43. The van der Waals surface area contributed by atoms with E-state index in [4.69, 9.17) is 4.74 Å². The van der Waals surface area contributed by atoms with E-state index in [1.54, 1.807) is 6.07 Å². The van der Waals surface area contributed by atoms with E-state index in [1.807, 2.05) is 23.9 Å². The summed E-state index contributed by atoms with van der Waals surface area (Å²) in [5, 5.41) is 13.8. The number of aromatic hydroxyl groups is 1. The summed E-state index contributed by atoms with van der Waals surface area (Å²) in [6.45, 7) is 6.81. The number of phenolic OH excluding ortho intramolecular Hbond substituents is 1. The van der Waals surface area contributed by atoms with Crippen molar-refractivity contribution in [3.63, 3.8) is 0 Å². The number of halogens is 1. The Morgan fingerprint density at radius 3 is 2.91 bits per heavy atom. The highest BCUT2D eigenvalue weighted by atomic mass is 79.9. The molecule has 23 heavy (non-hydrogen) atoms. The minimum atomic E-state index is 0.121. The molecule has 0 saturated carbocycles. The predicted molar refractivity (Wildman–Crippen MR) is 99.3 cm³/mol. The molecule has 1 aromatic carbocycles. The van der Waals surface area contributed by atoms with Crippen LogP contribution in [0.2, 0.25) is 0 Å². The van der Waals surface area contributed by atoms with Crippen molar-refractivity contribution in [1.82, 2.24) is 10.2 Å². The van der Waals surface area contributed by atoms with Gasteiger partial charge in [0.05, 0.1) is 13.2 Å². The van der Waals surface area contributed by atoms with Crippen LogP contribution < -0.4 is 5.32 Å². The number of hydrogen-bond donors (Lipinski definition) is 2. The smallest absolute Gasteiger partial charge is 0.120 e. The van der Waals surface area contributed by atoms with Crippen molar-refractivity contribution in [3.8, 4) is 5.75 Å². The first-order valence-corrected chi connectivity index (χ1v) is 10.2. The summed E-state index contributed by atoms with van der Waals surface area (Å²) in [4.78, 5) is 2.61. The second-order valence-electron chi connectivity index (χ2n) is 6.43. The summed E-state index contributed by atoms with van der Waals surface area (Å²) >= 11 is 5.54. The molecule has 0 aliphatic carbocycles. The molecule has 0 aromatic heterocycles. The Balaban J connectivity index is 1.67. The second kappa shape index (κ2) is 7.74. The van der Waals surface area contributed by atoms with Crippen molar-refractivity contribution in [1.29, 1.82) is 0 Å². The number of morpholine rings is 1. The molecule has 2 aliphatic heterocycles. The fraction of sp³-hybridized carbons (Fsp3) is 0.647. The molecule has 0 bridgehead atoms. The van der Waals surface area contributed by atoms with Crippen LogP contribution in [0.1, 0.15) is 24.9 Å². The number of phenols is 1. The third-order valence-electron chi connectivity index (χ3n) is 4.96. The Kier molecular flexibility index (Phi) is 5.91. The summed E-state index contributed by atoms with van der Waals surface area (Å²) in [5.74, 6) is 2.77. The van der Waals surface area contributed by atoms with Crippen molar-refractivity contribution in [2.24, 2.45) is 0 Å². The highest BCUT2D eigenvalue weighted by molar-refractivity contribution is 9.10. The monoisotopic (exact) mass is 400 g/mol. The standard InChI is InChI=1S/C17H25BrN2O2S/c1-13(15-10-14(18)2-3-16(15)21)19-11-17(4-9-23-12-17)20-5-7-22-8-6-20/h2-3,10,13,19,21H,4-9,11-12H2,1H3/t13-,17-/m1/s1. The number of rotatable bonds is 5. The van der Waals surface area contributed by atoms with Crippen LogP contribution in [0.15, 0.2) is 22.7 Å². The second-order valence-corrected chi connectivity index (χ2v) is 8.45. The Morgan fingerprint density at radius 2 is 2.22 bits per heavy atom. The van der Waals surface area contributed by atoms with Crippen molar-refractivity contribution in [3.05, 3.63) is 28.2 Å². The molecule has 0 radical (unpaired) electrons. The molecule has 4 nitrogen and oxygen atoms in total. The predicted octanol–water partition coefficient (Wildman–Crippen LogP) is 3.01. The van der Waals surface area contributed by atoms with Gasteiger partial charge in [-0.25, -0.2) is 0 Å². The van der Waals surface area contributed by atoms with E-state index < -0.39 is 0 Å². The van der Waals surface area contributed by atoms with E-state index in [0.717, 1.165) is 42.9 Å². The minimum absolute atomic E-state index is 0.121. The van der Waals surface area contributed by atoms with Crippen LogP contribution in [0.5, 0.6) is 5.75 Å². The van der Waals surface area contributed by atoms with Crippen LogP contribution in [-0.2, 0) is 4.74 Å². The minimum Gasteiger partial charge on any atom is -0.508 e. The first-order valence-electron chi connectivity index (χ1n) is 8.23. The molecule has 6 heteroatoms. The highest BCUT2D eigenvalue weighted by Gasteiger charge is 2.40. The average molecular weight is 401 g/mol. The van der Waals surface area contributed by atoms with Gasteiger partial charge in [-0.1, -0.05) is 15.9 Å². The zero-order valence-electron chi connectivity index (χ0n) is 13.6. The molecular weight excluding hydrogens is 376 g/mol. The Labute approximate surface area is 151 Å². The zero-order chi connectivity index (χ0) is 16.3. The maximum atomic E-state index is 10.1. The van der Waals surface area contributed by atoms with Crippen molar-refractivity contribution < 1.29 is 9.84 Å². The summed E-state index contributed by atoms with van der Waals surface area (Å²) in [6, 6.07) is 5.74. The van der Waals surface area contributed by atoms with Gasteiger partial charge < -0.3 is 15.2 Å². The van der Waals surface area contributed by atoms with Crippen LogP contribution in [0, 0.1) is 0 Å². The van der Waals surface area contributed by atoms with Gasteiger partial charge in [0.2, 0.25) is 0 Å². The number of thioether (sulfide) groups is 1. The van der Waals surface area contributed by atoms with Crippen LogP contribution in [-0.4, -0.2) is 59.9 Å². The van der Waals surface area contributed by atoms with Crippen molar-refractivity contribution in [2.45, 2.75) is 24.9 Å². The molecule has 2 N–H and O–H groups in total. The fourth-order valence-corrected chi connectivity index (χ4v) is 5.32. The van der Waals surface area contributed by atoms with Crippen LogP contribution in [0.4, 0.5) is 0 Å². The normalized spacial score (nSPS) is 27.2. The number of benzene rings is 1. The average Bonchev–Trinajstić information content (AvgIpc) is 3.06. The third kappa shape index (κ3) is 4.04. The molecule has 2 fully saturated rings. The zero-order valence-corrected chi connectivity index (χ0v) is 16.0. The van der Waals surface area contributed by atoms with Crippen LogP contribution in [0.25, 0.3) is 0 Å². The van der Waals surface area contributed by atoms with Gasteiger partial charge in [0.15, 0.2) is 0 Å². The lowest BCUT2D eigenvalue weighted by atomic mass is 9.94. The number of hydrogen-bond acceptors (Lipinski definition) is 5. The molecule has 0 unspecified atom stereocenters. The van der Waals surface area contributed by atoms with Gasteiger partial charge in [0.25, 0.3) is 0 Å². The van der Waals surface area contributed by atoms with Gasteiger partial charge in [0, 0.05) is 47.0 Å². The molecule has 2 atom stereocenters. The van der Waals surface area contributed by atoms with E-state index in [2.05, 4.69) is 33.1 Å². The van der Waals surface area contributed by atoms with Crippen molar-refractivity contribution >= 4 is 27.7 Å². The van der Waals surface area contributed by atoms with Gasteiger partial charge in [-0.2, -0.15) is 11.8 Å². The van der Waals surface area contributed by atoms with E-state index >= 15 is 0 Å². The summed E-state index contributed by atoms with van der Waals surface area (Å²) in [5.41, 5.74) is 1.17. The van der Waals surface area contributed by atoms with Crippen LogP contribution in [0.3, 0.4) is 0 Å². The maximum absolute atomic E-state index is 10.1. The first-order chi connectivity index (χ1) is 11.1. The van der Waals surface area contributed by atoms with Gasteiger partial charge in [0.1, 0.15) is 5.75 Å². The molecule has 128 valence electrons. The topological polar surface area (TPSA) is 44.7 Å². The quantitative estimate of drug-likeness (QED) is 0.794. The highest BCUT2D eigenvalue weighted by Crippen LogP contribution is 2.35. The lowest BCUT2D eigenvalue weighted by molar-refractivity contribution is -0.0139. The number of ether oxygens (including phenoxy) is 1. The lowest BCUT2D eigenvalue weighted by Crippen LogP contribution is -2.58. The van der Waals surface area contributed by atoms with Crippen LogP contribution >= 0.6 is 27.7 Å². The fourth-order valence-electron chi connectivity index (χ4n) is 3.46. The Bertz CT molecular complexity index is 531. The van der Waals surface area contributed by atoms with E-state index in [-0.39, 0.29) is 11.6 Å². The van der Waals surface area contributed by atoms with E-state index in [1.165, 1.54) is 17.9 Å². The summed E-state index contributed by atoms with van der Waals surface area (Å²) in [6.07, 6.45) is 1.22. The Morgan fingerprint density at radius 1 is 1.43 bits per heavy atom. The SMILES string of the molecule is C[C@@H](NC[C@]1(N2CCOCC2)CCSC1)c1cc(Br)ccc1O. The van der Waals surface area contributed by atoms with Gasteiger partial charge >= 0.3 is 0 Å². The molecule has 0 spiro atoms. The maximum Gasteiger partial charge on any atom is 0.120 e. The molecule has 1 aromatic rings. The number of nitrogens with one attached hydrogen (secondary N) is 1. The molecule has 2 heterocycles. The summed E-state index contributed by atoms with van der Waals surface area (Å²) in [7, 11) is 0. The molecule has 2 aliphatic rings. The van der Waals surface area contributed by atoms with E-state index in [9.17, 15) is 5.11 Å².